The molecule has 160 valence electrons. The van der Waals surface area contributed by atoms with Crippen LogP contribution in [0.1, 0.15) is 32.1 Å². The lowest BCUT2D eigenvalue weighted by Crippen LogP contribution is -2.28. The monoisotopic (exact) mass is 446 g/mol. The minimum absolute atomic E-state index is 0.0669. The van der Waals surface area contributed by atoms with Gasteiger partial charge in [-0.25, -0.2) is 14.0 Å². The van der Waals surface area contributed by atoms with Gasteiger partial charge in [-0.15, -0.1) is 11.3 Å². The van der Waals surface area contributed by atoms with Crippen molar-refractivity contribution in [2.45, 2.75) is 25.9 Å². The molecule has 0 radical (unpaired) electrons. The van der Waals surface area contributed by atoms with Crippen molar-refractivity contribution in [1.82, 2.24) is 0 Å². The van der Waals surface area contributed by atoms with Crippen LogP contribution in [0.15, 0.2) is 24.3 Å². The van der Waals surface area contributed by atoms with Gasteiger partial charge in [-0.1, -0.05) is 0 Å². The van der Waals surface area contributed by atoms with Crippen molar-refractivity contribution in [3.63, 3.8) is 0 Å². The van der Waals surface area contributed by atoms with E-state index in [1.54, 1.807) is 6.92 Å². The number of carbonyl (C=O) groups excluding carboxylic acids is 3. The molecule has 0 amide bonds. The molecule has 1 heterocycles. The Bertz CT molecular complexity index is 1020. The molecule has 0 aliphatic carbocycles. The molecule has 2 aromatic rings. The van der Waals surface area contributed by atoms with E-state index >= 15 is 0 Å². The van der Waals surface area contributed by atoms with Crippen LogP contribution in [0, 0.1) is 18.2 Å². The van der Waals surface area contributed by atoms with E-state index in [1.807, 2.05) is 0 Å². The first-order valence-corrected chi connectivity index (χ1v) is 8.97. The normalized spacial score (nSPS) is 11.1. The third kappa shape index (κ3) is 5.86. The number of amidine groups is 1. The lowest BCUT2D eigenvalue weighted by Gasteiger charge is -2.06. The van der Waals surface area contributed by atoms with Gasteiger partial charge in [0.25, 0.3) is 0 Å². The van der Waals surface area contributed by atoms with Crippen LogP contribution in [0.4, 0.5) is 17.6 Å². The summed E-state index contributed by atoms with van der Waals surface area (Å²) in [4.78, 5) is 34.8. The van der Waals surface area contributed by atoms with Crippen molar-refractivity contribution in [2.24, 2.45) is 5.73 Å². The fourth-order valence-corrected chi connectivity index (χ4v) is 3.25. The summed E-state index contributed by atoms with van der Waals surface area (Å²) in [7, 11) is 0. The number of aryl methyl sites for hydroxylation is 2. The van der Waals surface area contributed by atoms with E-state index in [4.69, 9.17) is 15.9 Å². The average molecular weight is 446 g/mol. The summed E-state index contributed by atoms with van der Waals surface area (Å²) in [5.74, 6) is -6.49. The van der Waals surface area contributed by atoms with Crippen LogP contribution < -0.4 is 10.5 Å². The molecule has 0 saturated carbocycles. The number of nitrogen functional groups attached to an aromatic ring is 1. The van der Waals surface area contributed by atoms with E-state index < -0.39 is 36.3 Å². The van der Waals surface area contributed by atoms with Gasteiger partial charge in [-0.2, -0.15) is 13.2 Å². The minimum Gasteiger partial charge on any atom is -0.419 e. The van der Waals surface area contributed by atoms with Gasteiger partial charge in [-0.3, -0.25) is 10.2 Å². The molecule has 1 aromatic carbocycles. The second-order valence-electron chi connectivity index (χ2n) is 5.92. The van der Waals surface area contributed by atoms with Crippen LogP contribution in [-0.4, -0.2) is 29.9 Å². The zero-order valence-electron chi connectivity index (χ0n) is 15.3. The maximum Gasteiger partial charge on any atom is 0.491 e. The maximum atomic E-state index is 14.0. The number of alkyl halides is 3. The molecule has 3 N–H and O–H groups in total. The van der Waals surface area contributed by atoms with Crippen molar-refractivity contribution < 1.29 is 41.4 Å². The molecule has 0 aliphatic heterocycles. The highest BCUT2D eigenvalue weighted by Gasteiger charge is 2.42. The van der Waals surface area contributed by atoms with Gasteiger partial charge in [0.1, 0.15) is 10.7 Å². The molecule has 0 fully saturated rings. The predicted octanol–water partition coefficient (Wildman–Crippen LogP) is 3.26. The van der Waals surface area contributed by atoms with Crippen molar-refractivity contribution >= 4 is 35.1 Å². The largest absolute Gasteiger partial charge is 0.491 e. The molecule has 1 aromatic heterocycles. The standard InChI is InChI=1S/C18H14F4N2O5S/c1-8-6-13(16(26)28-11-3-2-9(15(23)24)7-10(11)19)30-12(8)4-5-14(25)29-17(27)18(20,21)22/h2-3,6-7H,4-5H2,1H3,(H3,23,24). The summed E-state index contributed by atoms with van der Waals surface area (Å²) in [6.07, 6.45) is -5.86. The molecular formula is C18H14F4N2O5S. The van der Waals surface area contributed by atoms with Crippen molar-refractivity contribution in [1.29, 1.82) is 5.41 Å². The maximum absolute atomic E-state index is 14.0. The predicted molar refractivity (Wildman–Crippen MR) is 96.9 cm³/mol. The highest BCUT2D eigenvalue weighted by molar-refractivity contribution is 7.14. The van der Waals surface area contributed by atoms with Gasteiger partial charge < -0.3 is 15.2 Å². The number of nitrogens with one attached hydrogen (secondary N) is 1. The number of esters is 3. The molecule has 12 heteroatoms. The number of halogens is 4. The Morgan fingerprint density at radius 1 is 1.20 bits per heavy atom. The highest BCUT2D eigenvalue weighted by atomic mass is 32.1. The molecule has 30 heavy (non-hydrogen) atoms. The topological polar surface area (TPSA) is 120 Å². The molecule has 0 spiro atoms. The molecule has 0 bridgehead atoms. The molecule has 0 aliphatic rings. The zero-order valence-corrected chi connectivity index (χ0v) is 16.1. The number of rotatable bonds is 6. The number of ether oxygens (including phenoxy) is 2. The minimum atomic E-state index is -5.27. The number of nitrogens with two attached hydrogens (primary N) is 1. The first-order valence-electron chi connectivity index (χ1n) is 8.15. The highest BCUT2D eigenvalue weighted by Crippen LogP contribution is 2.26. The summed E-state index contributed by atoms with van der Waals surface area (Å²) in [5.41, 5.74) is 5.90. The van der Waals surface area contributed by atoms with Crippen molar-refractivity contribution in [3.8, 4) is 5.75 Å². The van der Waals surface area contributed by atoms with E-state index in [1.165, 1.54) is 12.1 Å². The Hall–Kier alpha value is -3.28. The summed E-state index contributed by atoms with van der Waals surface area (Å²) < 4.78 is 58.9. The first kappa shape index (κ1) is 23.0. The van der Waals surface area contributed by atoms with E-state index in [0.717, 1.165) is 23.5 Å². The van der Waals surface area contributed by atoms with Crippen molar-refractivity contribution in [3.05, 3.63) is 51.0 Å². The summed E-state index contributed by atoms with van der Waals surface area (Å²) >= 11 is 0.901. The summed E-state index contributed by atoms with van der Waals surface area (Å²) in [6, 6.07) is 4.78. The number of benzene rings is 1. The molecule has 0 unspecified atom stereocenters. The fourth-order valence-electron chi connectivity index (χ4n) is 2.20. The quantitative estimate of drug-likeness (QED) is 0.176. The number of hydrogen-bond donors (Lipinski definition) is 2. The van der Waals surface area contributed by atoms with Crippen LogP contribution in [-0.2, 0) is 20.7 Å². The van der Waals surface area contributed by atoms with Gasteiger partial charge in [-0.05, 0) is 43.2 Å². The number of hydrogen-bond acceptors (Lipinski definition) is 7. The Morgan fingerprint density at radius 2 is 1.87 bits per heavy atom. The van der Waals surface area contributed by atoms with Gasteiger partial charge in [0.15, 0.2) is 11.6 Å². The lowest BCUT2D eigenvalue weighted by molar-refractivity contribution is -0.201. The van der Waals surface area contributed by atoms with Crippen molar-refractivity contribution in [2.75, 3.05) is 0 Å². The molecule has 0 atom stereocenters. The van der Waals surface area contributed by atoms with Crippen LogP contribution in [0.5, 0.6) is 5.75 Å². The second kappa shape index (κ2) is 9.03. The average Bonchev–Trinajstić information content (AvgIpc) is 3.01. The van der Waals surface area contributed by atoms with Crippen LogP contribution in [0.3, 0.4) is 0 Å². The summed E-state index contributed by atoms with van der Waals surface area (Å²) in [5, 5.41) is 7.24. The fraction of sp³-hybridized carbons (Fsp3) is 0.222. The zero-order chi connectivity index (χ0) is 22.6. The van der Waals surface area contributed by atoms with Gasteiger partial charge in [0, 0.05) is 10.4 Å². The molecule has 7 nitrogen and oxygen atoms in total. The third-order valence-electron chi connectivity index (χ3n) is 3.66. The smallest absolute Gasteiger partial charge is 0.419 e. The Balaban J connectivity index is 2.02. The second-order valence-corrected chi connectivity index (χ2v) is 7.06. The third-order valence-corrected chi connectivity index (χ3v) is 4.94. The molecule has 2 rings (SSSR count). The summed E-state index contributed by atoms with van der Waals surface area (Å²) in [6.45, 7) is 1.59. The molecular weight excluding hydrogens is 432 g/mol. The van der Waals surface area contributed by atoms with Gasteiger partial charge in [0.05, 0.1) is 6.42 Å². The van der Waals surface area contributed by atoms with E-state index in [0.29, 0.717) is 10.4 Å². The number of thiophene rings is 1. The Kier molecular flexibility index (Phi) is 6.92. The number of carbonyl (C=O) groups is 3. The van der Waals surface area contributed by atoms with Crippen LogP contribution >= 0.6 is 11.3 Å². The van der Waals surface area contributed by atoms with Gasteiger partial charge in [0.2, 0.25) is 0 Å². The van der Waals surface area contributed by atoms with E-state index in [-0.39, 0.29) is 28.4 Å². The van der Waals surface area contributed by atoms with Gasteiger partial charge >= 0.3 is 24.1 Å². The van der Waals surface area contributed by atoms with E-state index in [2.05, 4.69) is 4.74 Å². The van der Waals surface area contributed by atoms with Crippen LogP contribution in [0.25, 0.3) is 0 Å². The SMILES string of the molecule is Cc1cc(C(=O)Oc2ccc(C(=N)N)cc2F)sc1CCC(=O)OC(=O)C(F)(F)F. The lowest BCUT2D eigenvalue weighted by atomic mass is 10.2. The Labute approximate surface area is 170 Å². The Morgan fingerprint density at radius 3 is 2.43 bits per heavy atom. The first-order chi connectivity index (χ1) is 13.9. The van der Waals surface area contributed by atoms with Crippen LogP contribution in [0.2, 0.25) is 0 Å². The van der Waals surface area contributed by atoms with E-state index in [9.17, 15) is 31.9 Å². The molecule has 0 saturated heterocycles.